The van der Waals surface area contributed by atoms with Gasteiger partial charge in [-0.3, -0.25) is 14.9 Å². The summed E-state index contributed by atoms with van der Waals surface area (Å²) in [5.41, 5.74) is 0.0201. The molecule has 2 N–H and O–H groups in total. The lowest BCUT2D eigenvalue weighted by Crippen LogP contribution is -2.54. The molecule has 166 valence electrons. The van der Waals surface area contributed by atoms with E-state index in [1.54, 1.807) is 4.90 Å². The van der Waals surface area contributed by atoms with Crippen LogP contribution in [0, 0.1) is 23.5 Å². The summed E-state index contributed by atoms with van der Waals surface area (Å²) in [5.74, 6) is -2.48. The molecule has 9 heteroatoms. The number of carbonyl (C=O) groups excluding carboxylic acids is 3. The van der Waals surface area contributed by atoms with Gasteiger partial charge in [-0.2, -0.15) is 0 Å². The number of imide groups is 1. The number of carbonyl (C=O) groups is 3. The van der Waals surface area contributed by atoms with Gasteiger partial charge >= 0.3 is 6.09 Å². The van der Waals surface area contributed by atoms with Gasteiger partial charge in [-0.25, -0.2) is 13.6 Å². The molecule has 5 rings (SSSR count). The van der Waals surface area contributed by atoms with Crippen molar-refractivity contribution in [1.82, 2.24) is 10.6 Å². The summed E-state index contributed by atoms with van der Waals surface area (Å²) in [5, 5.41) is 5.10. The third-order valence-electron chi connectivity index (χ3n) is 7.18. The van der Waals surface area contributed by atoms with Crippen LogP contribution in [0.25, 0.3) is 0 Å². The van der Waals surface area contributed by atoms with Gasteiger partial charge in [-0.05, 0) is 49.7 Å². The lowest BCUT2D eigenvalue weighted by atomic mass is 9.89. The monoisotopic (exact) mass is 433 g/mol. The largest absolute Gasteiger partial charge is 0.442 e. The van der Waals surface area contributed by atoms with Crippen LogP contribution in [0.5, 0.6) is 0 Å². The molecule has 2 saturated carbocycles. The molecule has 3 amide bonds. The standard InChI is InChI=1S/C22H25F2N3O4/c23-16-7-13(8-17(24)20(16)15-3-4-19(28)26-21(15)29)27-9-14(10-27)31-22(30)25-18-6-11-1-2-12(18)5-11/h7-8,11-12,14-15,18H,1-6,9-10H2,(H,25,30)(H,26,28,29)/t11?,12?,15?,18-/m1/s1. The number of ether oxygens (including phenoxy) is 1. The molecule has 4 fully saturated rings. The predicted octanol–water partition coefficient (Wildman–Crippen LogP) is 2.59. The van der Waals surface area contributed by atoms with E-state index >= 15 is 0 Å². The summed E-state index contributed by atoms with van der Waals surface area (Å²) in [6.07, 6.45) is 4.00. The van der Waals surface area contributed by atoms with E-state index in [-0.39, 0.29) is 30.6 Å². The fourth-order valence-corrected chi connectivity index (χ4v) is 5.54. The van der Waals surface area contributed by atoms with E-state index in [1.807, 2.05) is 0 Å². The molecule has 1 aromatic carbocycles. The zero-order chi connectivity index (χ0) is 21.7. The quantitative estimate of drug-likeness (QED) is 0.713. The van der Waals surface area contributed by atoms with Crippen molar-refractivity contribution >= 4 is 23.6 Å². The first-order valence-corrected chi connectivity index (χ1v) is 10.9. The average Bonchev–Trinajstić information content (AvgIpc) is 3.28. The van der Waals surface area contributed by atoms with Gasteiger partial charge in [-0.15, -0.1) is 0 Å². The van der Waals surface area contributed by atoms with Crippen LogP contribution < -0.4 is 15.5 Å². The maximum Gasteiger partial charge on any atom is 0.407 e. The Morgan fingerprint density at radius 2 is 1.84 bits per heavy atom. The van der Waals surface area contributed by atoms with Crippen LogP contribution in [0.2, 0.25) is 0 Å². The zero-order valence-corrected chi connectivity index (χ0v) is 17.0. The minimum Gasteiger partial charge on any atom is -0.442 e. The zero-order valence-electron chi connectivity index (χ0n) is 17.0. The van der Waals surface area contributed by atoms with Crippen molar-refractivity contribution in [3.8, 4) is 0 Å². The summed E-state index contributed by atoms with van der Waals surface area (Å²) in [7, 11) is 0. The highest BCUT2D eigenvalue weighted by Gasteiger charge is 2.41. The number of benzene rings is 1. The van der Waals surface area contributed by atoms with E-state index in [0.29, 0.717) is 24.7 Å². The highest BCUT2D eigenvalue weighted by molar-refractivity contribution is 6.01. The molecule has 3 unspecified atom stereocenters. The summed E-state index contributed by atoms with van der Waals surface area (Å²) < 4.78 is 34.8. The number of hydrogen-bond donors (Lipinski definition) is 2. The molecule has 31 heavy (non-hydrogen) atoms. The fourth-order valence-electron chi connectivity index (χ4n) is 5.54. The van der Waals surface area contributed by atoms with E-state index in [4.69, 9.17) is 4.74 Å². The topological polar surface area (TPSA) is 87.7 Å². The molecular weight excluding hydrogens is 408 g/mol. The smallest absolute Gasteiger partial charge is 0.407 e. The van der Waals surface area contributed by atoms with Crippen molar-refractivity contribution in [2.24, 2.45) is 11.8 Å². The van der Waals surface area contributed by atoms with Crippen molar-refractivity contribution < 1.29 is 27.9 Å². The molecule has 0 spiro atoms. The number of fused-ring (bicyclic) bond motifs is 2. The number of nitrogens with zero attached hydrogens (tertiary/aromatic N) is 1. The minimum absolute atomic E-state index is 0.0481. The van der Waals surface area contributed by atoms with E-state index in [9.17, 15) is 23.2 Å². The van der Waals surface area contributed by atoms with Gasteiger partial charge in [0.05, 0.1) is 19.0 Å². The lowest BCUT2D eigenvalue weighted by molar-refractivity contribution is -0.134. The Morgan fingerprint density at radius 1 is 1.10 bits per heavy atom. The molecule has 2 aliphatic heterocycles. The Balaban J connectivity index is 1.16. The second kappa shape index (κ2) is 7.76. The Kier molecular flexibility index (Phi) is 5.06. The van der Waals surface area contributed by atoms with E-state index in [1.165, 1.54) is 31.4 Å². The van der Waals surface area contributed by atoms with E-state index in [0.717, 1.165) is 12.3 Å². The molecule has 2 aliphatic carbocycles. The number of anilines is 1. The summed E-state index contributed by atoms with van der Waals surface area (Å²) in [4.78, 5) is 37.1. The highest BCUT2D eigenvalue weighted by atomic mass is 19.1. The maximum atomic E-state index is 14.7. The Bertz CT molecular complexity index is 910. The summed E-state index contributed by atoms with van der Waals surface area (Å²) >= 11 is 0. The van der Waals surface area contributed by atoms with Crippen LogP contribution in [0.4, 0.5) is 19.3 Å². The Labute approximate surface area is 178 Å². The highest BCUT2D eigenvalue weighted by Crippen LogP contribution is 2.44. The molecule has 4 aliphatic rings. The number of amides is 3. The van der Waals surface area contributed by atoms with Crippen molar-refractivity contribution in [3.63, 3.8) is 0 Å². The second-order valence-electron chi connectivity index (χ2n) is 9.18. The number of rotatable bonds is 4. The number of halogens is 2. The molecule has 4 atom stereocenters. The van der Waals surface area contributed by atoms with Crippen molar-refractivity contribution in [1.29, 1.82) is 0 Å². The van der Waals surface area contributed by atoms with E-state index < -0.39 is 35.5 Å². The molecular formula is C22H25F2N3O4. The average molecular weight is 433 g/mol. The molecule has 2 heterocycles. The Morgan fingerprint density at radius 3 is 2.45 bits per heavy atom. The van der Waals surface area contributed by atoms with Gasteiger partial charge in [0.2, 0.25) is 11.8 Å². The van der Waals surface area contributed by atoms with Crippen LogP contribution in [0.15, 0.2) is 12.1 Å². The molecule has 2 saturated heterocycles. The summed E-state index contributed by atoms with van der Waals surface area (Å²) in [6, 6.07) is 2.58. The van der Waals surface area contributed by atoms with Crippen LogP contribution >= 0.6 is 0 Å². The molecule has 0 aromatic heterocycles. The van der Waals surface area contributed by atoms with Gasteiger partial charge in [-0.1, -0.05) is 6.42 Å². The fraction of sp³-hybridized carbons (Fsp3) is 0.591. The van der Waals surface area contributed by atoms with Crippen LogP contribution in [-0.2, 0) is 14.3 Å². The van der Waals surface area contributed by atoms with Crippen molar-refractivity contribution in [3.05, 3.63) is 29.3 Å². The molecule has 2 bridgehead atoms. The van der Waals surface area contributed by atoms with Gasteiger partial charge in [0.15, 0.2) is 0 Å². The normalized spacial score (nSPS) is 30.2. The number of hydrogen-bond acceptors (Lipinski definition) is 5. The van der Waals surface area contributed by atoms with Gasteiger partial charge in [0.1, 0.15) is 17.7 Å². The first-order valence-electron chi connectivity index (χ1n) is 10.9. The number of nitrogens with one attached hydrogen (secondary N) is 2. The third kappa shape index (κ3) is 3.85. The van der Waals surface area contributed by atoms with Gasteiger partial charge in [0.25, 0.3) is 0 Å². The van der Waals surface area contributed by atoms with Crippen molar-refractivity contribution in [2.45, 2.75) is 56.6 Å². The minimum atomic E-state index is -1.02. The first kappa shape index (κ1) is 20.2. The SMILES string of the molecule is O=C1CCC(c2c(F)cc(N3CC(OC(=O)N[C@@H]4CC5CCC4C5)C3)cc2F)C(=O)N1. The third-order valence-corrected chi connectivity index (χ3v) is 7.18. The Hall–Kier alpha value is -2.71. The first-order chi connectivity index (χ1) is 14.9. The van der Waals surface area contributed by atoms with Crippen LogP contribution in [-0.4, -0.2) is 43.1 Å². The second-order valence-corrected chi connectivity index (χ2v) is 9.18. The molecule has 0 radical (unpaired) electrons. The van der Waals surface area contributed by atoms with Crippen molar-refractivity contribution in [2.75, 3.05) is 18.0 Å². The number of piperidine rings is 1. The van der Waals surface area contributed by atoms with Gasteiger partial charge in [0, 0.05) is 23.7 Å². The maximum absolute atomic E-state index is 14.7. The molecule has 7 nitrogen and oxygen atoms in total. The summed E-state index contributed by atoms with van der Waals surface area (Å²) in [6.45, 7) is 0.696. The molecule has 1 aromatic rings. The van der Waals surface area contributed by atoms with Gasteiger partial charge < -0.3 is 15.0 Å². The van der Waals surface area contributed by atoms with E-state index in [2.05, 4.69) is 10.6 Å². The predicted molar refractivity (Wildman–Crippen MR) is 106 cm³/mol. The van der Waals surface area contributed by atoms with Crippen LogP contribution in [0.3, 0.4) is 0 Å². The number of alkyl carbamates (subject to hydrolysis) is 1. The lowest BCUT2D eigenvalue weighted by Gasteiger charge is -2.40. The van der Waals surface area contributed by atoms with Crippen LogP contribution in [0.1, 0.15) is 50.0 Å².